The Morgan fingerprint density at radius 3 is 2.70 bits per heavy atom. The summed E-state index contributed by atoms with van der Waals surface area (Å²) >= 11 is 1.50. The van der Waals surface area contributed by atoms with Crippen LogP contribution >= 0.6 is 11.3 Å². The molecule has 2 N–H and O–H groups in total. The van der Waals surface area contributed by atoms with Crippen LogP contribution in [0, 0.1) is 0 Å². The van der Waals surface area contributed by atoms with Gasteiger partial charge in [0, 0.05) is 13.0 Å². The number of thiazole rings is 1. The summed E-state index contributed by atoms with van der Waals surface area (Å²) in [6, 6.07) is 6.80. The minimum atomic E-state index is -4.40. The molecule has 0 saturated heterocycles. The van der Waals surface area contributed by atoms with Gasteiger partial charge in [-0.1, -0.05) is 12.1 Å². The Balaban J connectivity index is 1.76. The van der Waals surface area contributed by atoms with E-state index in [1.807, 2.05) is 24.3 Å². The van der Waals surface area contributed by atoms with E-state index in [2.05, 4.69) is 10.3 Å². The lowest BCUT2D eigenvalue weighted by Crippen LogP contribution is -2.41. The minimum Gasteiger partial charge on any atom is -0.338 e. The van der Waals surface area contributed by atoms with E-state index in [0.717, 1.165) is 15.2 Å². The summed E-state index contributed by atoms with van der Waals surface area (Å²) in [5, 5.41) is 4.94. The van der Waals surface area contributed by atoms with Crippen molar-refractivity contribution in [1.29, 1.82) is 0 Å². The summed E-state index contributed by atoms with van der Waals surface area (Å²) in [6.07, 6.45) is -3.91. The molecule has 0 radical (unpaired) electrons. The van der Waals surface area contributed by atoms with E-state index in [1.54, 1.807) is 5.32 Å². The van der Waals surface area contributed by atoms with Gasteiger partial charge < -0.3 is 10.6 Å². The molecule has 8 heteroatoms. The highest BCUT2D eigenvalue weighted by molar-refractivity contribution is 7.18. The van der Waals surface area contributed by atoms with Gasteiger partial charge in [0.2, 0.25) is 0 Å². The number of nitrogens with zero attached hydrogens (tertiary/aromatic N) is 1. The summed E-state index contributed by atoms with van der Waals surface area (Å²) in [4.78, 5) is 15.5. The number of para-hydroxylation sites is 1. The number of benzene rings is 1. The third kappa shape index (κ3) is 4.37. The molecule has 1 heterocycles. The number of urea groups is 1. The summed E-state index contributed by atoms with van der Waals surface area (Å²) in [5.74, 6) is 0. The van der Waals surface area contributed by atoms with Crippen LogP contribution in [-0.4, -0.2) is 30.3 Å². The maximum atomic E-state index is 11.9. The fourth-order valence-electron chi connectivity index (χ4n) is 1.55. The molecule has 0 atom stereocenters. The first-order chi connectivity index (χ1) is 9.44. The number of aromatic nitrogens is 1. The number of fused-ring (bicyclic) bond motifs is 1. The molecular formula is C12H12F3N3OS. The van der Waals surface area contributed by atoms with Gasteiger partial charge in [-0.25, -0.2) is 9.78 Å². The smallest absolute Gasteiger partial charge is 0.338 e. The predicted molar refractivity (Wildman–Crippen MR) is 70.8 cm³/mol. The second kappa shape index (κ2) is 6.08. The molecule has 2 amide bonds. The van der Waals surface area contributed by atoms with Gasteiger partial charge in [0.15, 0.2) is 0 Å². The van der Waals surface area contributed by atoms with Crippen LogP contribution in [0.15, 0.2) is 24.3 Å². The molecule has 20 heavy (non-hydrogen) atoms. The second-order valence-corrected chi connectivity index (χ2v) is 5.17. The highest BCUT2D eigenvalue weighted by Gasteiger charge is 2.27. The zero-order chi connectivity index (χ0) is 14.6. The van der Waals surface area contributed by atoms with Crippen LogP contribution in [0.2, 0.25) is 0 Å². The zero-order valence-corrected chi connectivity index (χ0v) is 11.1. The van der Waals surface area contributed by atoms with Crippen molar-refractivity contribution in [2.75, 3.05) is 13.1 Å². The molecule has 1 aromatic heterocycles. The number of carbonyl (C=O) groups is 1. The van der Waals surface area contributed by atoms with Crippen LogP contribution < -0.4 is 10.6 Å². The zero-order valence-electron chi connectivity index (χ0n) is 10.3. The van der Waals surface area contributed by atoms with Crippen LogP contribution in [0.3, 0.4) is 0 Å². The van der Waals surface area contributed by atoms with E-state index in [0.29, 0.717) is 6.42 Å². The number of halogens is 3. The molecule has 2 aromatic rings. The molecule has 0 aliphatic heterocycles. The van der Waals surface area contributed by atoms with E-state index in [9.17, 15) is 18.0 Å². The van der Waals surface area contributed by atoms with E-state index >= 15 is 0 Å². The van der Waals surface area contributed by atoms with Gasteiger partial charge >= 0.3 is 12.2 Å². The number of hydrogen-bond acceptors (Lipinski definition) is 3. The number of nitrogens with one attached hydrogen (secondary N) is 2. The SMILES string of the molecule is O=C(NCCc1nc2ccccc2s1)NCC(F)(F)F. The van der Waals surface area contributed by atoms with Gasteiger partial charge in [-0.3, -0.25) is 0 Å². The number of hydrogen-bond donors (Lipinski definition) is 2. The first-order valence-corrected chi connectivity index (χ1v) is 6.68. The summed E-state index contributed by atoms with van der Waals surface area (Å²) < 4.78 is 36.7. The second-order valence-electron chi connectivity index (χ2n) is 4.05. The van der Waals surface area contributed by atoms with Crippen molar-refractivity contribution >= 4 is 27.6 Å². The molecule has 0 fully saturated rings. The summed E-state index contributed by atoms with van der Waals surface area (Å²) in [5.41, 5.74) is 0.883. The van der Waals surface area contributed by atoms with Crippen molar-refractivity contribution in [1.82, 2.24) is 15.6 Å². The minimum absolute atomic E-state index is 0.240. The summed E-state index contributed by atoms with van der Waals surface area (Å²) in [6.45, 7) is -1.09. The van der Waals surface area contributed by atoms with Crippen LogP contribution in [0.4, 0.5) is 18.0 Å². The monoisotopic (exact) mass is 303 g/mol. The highest BCUT2D eigenvalue weighted by atomic mass is 32.1. The Bertz CT molecular complexity index is 564. The lowest BCUT2D eigenvalue weighted by atomic mass is 10.3. The van der Waals surface area contributed by atoms with Crippen LogP contribution in [0.25, 0.3) is 10.2 Å². The number of rotatable bonds is 4. The van der Waals surface area contributed by atoms with E-state index in [-0.39, 0.29) is 6.54 Å². The van der Waals surface area contributed by atoms with Gasteiger partial charge in [-0.05, 0) is 12.1 Å². The van der Waals surface area contributed by atoms with Crippen molar-refractivity contribution in [2.24, 2.45) is 0 Å². The first kappa shape index (κ1) is 14.6. The molecule has 108 valence electrons. The Morgan fingerprint density at radius 2 is 2.00 bits per heavy atom. The Morgan fingerprint density at radius 1 is 1.25 bits per heavy atom. The van der Waals surface area contributed by atoms with Gasteiger partial charge in [-0.2, -0.15) is 13.2 Å². The molecule has 0 aliphatic rings. The molecular weight excluding hydrogens is 291 g/mol. The molecule has 0 saturated carbocycles. The topological polar surface area (TPSA) is 54.0 Å². The van der Waals surface area contributed by atoms with E-state index in [1.165, 1.54) is 11.3 Å². The maximum absolute atomic E-state index is 11.9. The van der Waals surface area contributed by atoms with Gasteiger partial charge in [0.05, 0.1) is 15.2 Å². The molecule has 0 unspecified atom stereocenters. The standard InChI is InChI=1S/C12H12F3N3OS/c13-12(14,15)7-17-11(19)16-6-5-10-18-8-3-1-2-4-9(8)20-10/h1-4H,5-7H2,(H2,16,17,19). The summed E-state index contributed by atoms with van der Waals surface area (Å²) in [7, 11) is 0. The number of amides is 2. The van der Waals surface area contributed by atoms with E-state index in [4.69, 9.17) is 0 Å². The number of alkyl halides is 3. The van der Waals surface area contributed by atoms with Crippen molar-refractivity contribution in [2.45, 2.75) is 12.6 Å². The molecule has 0 spiro atoms. The van der Waals surface area contributed by atoms with E-state index < -0.39 is 18.8 Å². The van der Waals surface area contributed by atoms with Crippen LogP contribution in [0.5, 0.6) is 0 Å². The van der Waals surface area contributed by atoms with Crippen LogP contribution in [0.1, 0.15) is 5.01 Å². The highest BCUT2D eigenvalue weighted by Crippen LogP contribution is 2.21. The average Bonchev–Trinajstić information content (AvgIpc) is 2.78. The third-order valence-corrected chi connectivity index (χ3v) is 3.51. The molecule has 0 aliphatic carbocycles. The van der Waals surface area contributed by atoms with Crippen molar-refractivity contribution in [3.05, 3.63) is 29.3 Å². The quantitative estimate of drug-likeness (QED) is 0.912. The third-order valence-electron chi connectivity index (χ3n) is 2.41. The Kier molecular flexibility index (Phi) is 4.43. The fraction of sp³-hybridized carbons (Fsp3) is 0.333. The van der Waals surface area contributed by atoms with Gasteiger partial charge in [0.1, 0.15) is 6.54 Å². The maximum Gasteiger partial charge on any atom is 0.405 e. The van der Waals surface area contributed by atoms with Crippen molar-refractivity contribution in [3.63, 3.8) is 0 Å². The Hall–Kier alpha value is -1.83. The molecule has 0 bridgehead atoms. The van der Waals surface area contributed by atoms with Crippen molar-refractivity contribution in [3.8, 4) is 0 Å². The fourth-order valence-corrected chi connectivity index (χ4v) is 2.52. The lowest BCUT2D eigenvalue weighted by molar-refractivity contribution is -0.122. The predicted octanol–water partition coefficient (Wildman–Crippen LogP) is 2.70. The van der Waals surface area contributed by atoms with Gasteiger partial charge in [-0.15, -0.1) is 11.3 Å². The largest absolute Gasteiger partial charge is 0.405 e. The molecule has 2 rings (SSSR count). The normalized spacial score (nSPS) is 11.6. The lowest BCUT2D eigenvalue weighted by Gasteiger charge is -2.09. The number of carbonyl (C=O) groups excluding carboxylic acids is 1. The van der Waals surface area contributed by atoms with Crippen LogP contribution in [-0.2, 0) is 6.42 Å². The first-order valence-electron chi connectivity index (χ1n) is 5.87. The molecule has 1 aromatic carbocycles. The average molecular weight is 303 g/mol. The molecule has 4 nitrogen and oxygen atoms in total. The Labute approximate surface area is 117 Å². The van der Waals surface area contributed by atoms with Gasteiger partial charge in [0.25, 0.3) is 0 Å². The van der Waals surface area contributed by atoms with Crippen molar-refractivity contribution < 1.29 is 18.0 Å².